The first-order valence-electron chi connectivity index (χ1n) is 6.50. The highest BCUT2D eigenvalue weighted by Crippen LogP contribution is 2.19. The molecule has 102 valence electrons. The van der Waals surface area contributed by atoms with Gasteiger partial charge in [0.2, 0.25) is 0 Å². The van der Waals surface area contributed by atoms with Gasteiger partial charge in [-0.25, -0.2) is 0 Å². The van der Waals surface area contributed by atoms with Crippen molar-refractivity contribution in [2.75, 3.05) is 40.9 Å². The number of aryl methyl sites for hydroxylation is 2. The summed E-state index contributed by atoms with van der Waals surface area (Å²) >= 11 is 0. The molecule has 0 bridgehead atoms. The van der Waals surface area contributed by atoms with Crippen LogP contribution in [0.15, 0.2) is 18.2 Å². The van der Waals surface area contributed by atoms with Crippen molar-refractivity contribution in [2.45, 2.75) is 19.9 Å². The Morgan fingerprint density at radius 1 is 1.33 bits per heavy atom. The van der Waals surface area contributed by atoms with Crippen molar-refractivity contribution in [1.29, 1.82) is 0 Å². The maximum atomic E-state index is 5.11. The molecular weight excluding hydrogens is 224 g/mol. The first-order chi connectivity index (χ1) is 8.58. The van der Waals surface area contributed by atoms with Crippen molar-refractivity contribution in [3.05, 3.63) is 34.9 Å². The number of hydrogen-bond donors (Lipinski definition) is 1. The summed E-state index contributed by atoms with van der Waals surface area (Å²) < 4.78 is 5.11. The number of likely N-dealkylation sites (N-methyl/N-ethyl adjacent to an activating group) is 2. The van der Waals surface area contributed by atoms with Crippen molar-refractivity contribution < 1.29 is 4.74 Å². The molecule has 1 aromatic rings. The molecule has 3 heteroatoms. The van der Waals surface area contributed by atoms with Crippen LogP contribution in [0, 0.1) is 13.8 Å². The Morgan fingerprint density at radius 2 is 2.06 bits per heavy atom. The van der Waals surface area contributed by atoms with Gasteiger partial charge in [0.05, 0.1) is 6.61 Å². The topological polar surface area (TPSA) is 24.5 Å². The number of ether oxygens (including phenoxy) is 1. The summed E-state index contributed by atoms with van der Waals surface area (Å²) in [5, 5.41) is 3.40. The van der Waals surface area contributed by atoms with E-state index in [9.17, 15) is 0 Å². The summed E-state index contributed by atoms with van der Waals surface area (Å²) in [6.45, 7) is 7.04. The Labute approximate surface area is 111 Å². The van der Waals surface area contributed by atoms with Crippen LogP contribution in [0.3, 0.4) is 0 Å². The molecule has 1 atom stereocenters. The molecule has 0 heterocycles. The van der Waals surface area contributed by atoms with Crippen molar-refractivity contribution in [2.24, 2.45) is 0 Å². The smallest absolute Gasteiger partial charge is 0.0589 e. The summed E-state index contributed by atoms with van der Waals surface area (Å²) in [6.07, 6.45) is 0. The van der Waals surface area contributed by atoms with Gasteiger partial charge >= 0.3 is 0 Å². The largest absolute Gasteiger partial charge is 0.383 e. The lowest BCUT2D eigenvalue weighted by Gasteiger charge is -2.25. The maximum absolute atomic E-state index is 5.11. The van der Waals surface area contributed by atoms with Gasteiger partial charge in [-0.05, 0) is 39.1 Å². The van der Waals surface area contributed by atoms with Crippen molar-refractivity contribution in [1.82, 2.24) is 10.2 Å². The number of hydrogen-bond acceptors (Lipinski definition) is 3. The normalized spacial score (nSPS) is 13.0. The molecule has 0 aromatic heterocycles. The highest BCUT2D eigenvalue weighted by atomic mass is 16.5. The van der Waals surface area contributed by atoms with Gasteiger partial charge in [0.25, 0.3) is 0 Å². The van der Waals surface area contributed by atoms with Gasteiger partial charge in [-0.1, -0.05) is 23.8 Å². The molecular formula is C15H26N2O. The predicted molar refractivity (Wildman–Crippen MR) is 77.1 cm³/mol. The van der Waals surface area contributed by atoms with Gasteiger partial charge in [0.15, 0.2) is 0 Å². The van der Waals surface area contributed by atoms with E-state index in [1.165, 1.54) is 16.7 Å². The van der Waals surface area contributed by atoms with Gasteiger partial charge in [-0.15, -0.1) is 0 Å². The first-order valence-corrected chi connectivity index (χ1v) is 6.50. The average Bonchev–Trinajstić information content (AvgIpc) is 2.34. The zero-order valence-corrected chi connectivity index (χ0v) is 12.3. The quantitative estimate of drug-likeness (QED) is 0.802. The van der Waals surface area contributed by atoms with Gasteiger partial charge in [-0.2, -0.15) is 0 Å². The zero-order chi connectivity index (χ0) is 13.5. The summed E-state index contributed by atoms with van der Waals surface area (Å²) in [4.78, 5) is 2.30. The highest BCUT2D eigenvalue weighted by Gasteiger charge is 2.13. The average molecular weight is 250 g/mol. The van der Waals surface area contributed by atoms with Crippen LogP contribution in [0.5, 0.6) is 0 Å². The van der Waals surface area contributed by atoms with Gasteiger partial charge < -0.3 is 15.0 Å². The van der Waals surface area contributed by atoms with Crippen LogP contribution >= 0.6 is 0 Å². The third-order valence-corrected chi connectivity index (χ3v) is 3.32. The third kappa shape index (κ3) is 4.41. The minimum absolute atomic E-state index is 0.368. The number of nitrogens with one attached hydrogen (secondary N) is 1. The predicted octanol–water partition coefficient (Wildman–Crippen LogP) is 2.14. The lowest BCUT2D eigenvalue weighted by Crippen LogP contribution is -2.33. The van der Waals surface area contributed by atoms with E-state index in [4.69, 9.17) is 4.74 Å². The van der Waals surface area contributed by atoms with Gasteiger partial charge in [0, 0.05) is 26.2 Å². The Morgan fingerprint density at radius 3 is 2.61 bits per heavy atom. The molecule has 0 aliphatic rings. The Hall–Kier alpha value is -0.900. The van der Waals surface area contributed by atoms with E-state index in [1.807, 2.05) is 7.05 Å². The number of methoxy groups -OCH3 is 1. The van der Waals surface area contributed by atoms with Crippen LogP contribution < -0.4 is 5.32 Å². The van der Waals surface area contributed by atoms with E-state index in [1.54, 1.807) is 7.11 Å². The molecule has 0 aliphatic carbocycles. The van der Waals surface area contributed by atoms with Crippen LogP contribution in [0.2, 0.25) is 0 Å². The number of rotatable bonds is 7. The van der Waals surface area contributed by atoms with Crippen molar-refractivity contribution in [3.8, 4) is 0 Å². The Kier molecular flexibility index (Phi) is 6.33. The van der Waals surface area contributed by atoms with E-state index >= 15 is 0 Å². The van der Waals surface area contributed by atoms with Gasteiger partial charge in [0.1, 0.15) is 0 Å². The third-order valence-electron chi connectivity index (χ3n) is 3.32. The van der Waals surface area contributed by atoms with Gasteiger partial charge in [-0.3, -0.25) is 0 Å². The molecule has 0 fully saturated rings. The monoisotopic (exact) mass is 250 g/mol. The Balaban J connectivity index is 2.70. The second-order valence-corrected chi connectivity index (χ2v) is 4.96. The molecule has 0 saturated carbocycles. The molecule has 0 radical (unpaired) electrons. The second-order valence-electron chi connectivity index (χ2n) is 4.96. The number of nitrogens with zero attached hydrogens (tertiary/aromatic N) is 1. The number of benzene rings is 1. The molecule has 0 saturated heterocycles. The van der Waals surface area contributed by atoms with E-state index in [-0.39, 0.29) is 0 Å². The maximum Gasteiger partial charge on any atom is 0.0589 e. The molecule has 1 aromatic carbocycles. The fourth-order valence-electron chi connectivity index (χ4n) is 2.21. The minimum atomic E-state index is 0.368. The summed E-state index contributed by atoms with van der Waals surface area (Å²) in [7, 11) is 5.90. The standard InChI is InChI=1S/C15H26N2O/c1-12-6-7-14(13(2)10-12)15(16-3)11-17(4)8-9-18-5/h6-7,10,15-16H,8-9,11H2,1-5H3. The summed E-state index contributed by atoms with van der Waals surface area (Å²) in [5.41, 5.74) is 4.06. The molecule has 18 heavy (non-hydrogen) atoms. The minimum Gasteiger partial charge on any atom is -0.383 e. The zero-order valence-electron chi connectivity index (χ0n) is 12.3. The molecule has 3 nitrogen and oxygen atoms in total. The molecule has 1 N–H and O–H groups in total. The Bertz CT molecular complexity index is 366. The van der Waals surface area contributed by atoms with E-state index < -0.39 is 0 Å². The molecule has 0 amide bonds. The van der Waals surface area contributed by atoms with Crippen LogP contribution in [-0.4, -0.2) is 45.8 Å². The van der Waals surface area contributed by atoms with Crippen LogP contribution in [0.1, 0.15) is 22.7 Å². The lowest BCUT2D eigenvalue weighted by molar-refractivity contribution is 0.156. The molecule has 0 spiro atoms. The second kappa shape index (κ2) is 7.52. The van der Waals surface area contributed by atoms with E-state index in [2.05, 4.69) is 49.3 Å². The van der Waals surface area contributed by atoms with Crippen molar-refractivity contribution >= 4 is 0 Å². The molecule has 1 rings (SSSR count). The fourth-order valence-corrected chi connectivity index (χ4v) is 2.21. The molecule has 1 unspecified atom stereocenters. The fraction of sp³-hybridized carbons (Fsp3) is 0.600. The van der Waals surface area contributed by atoms with Crippen molar-refractivity contribution in [3.63, 3.8) is 0 Å². The van der Waals surface area contributed by atoms with Crippen LogP contribution in [0.25, 0.3) is 0 Å². The summed E-state index contributed by atoms with van der Waals surface area (Å²) in [5.74, 6) is 0. The highest BCUT2D eigenvalue weighted by molar-refractivity contribution is 5.33. The molecule has 0 aliphatic heterocycles. The van der Waals surface area contributed by atoms with E-state index in [0.29, 0.717) is 6.04 Å². The summed E-state index contributed by atoms with van der Waals surface area (Å²) in [6, 6.07) is 7.03. The lowest BCUT2D eigenvalue weighted by atomic mass is 9.99. The van der Waals surface area contributed by atoms with Crippen LogP contribution in [0.4, 0.5) is 0 Å². The SMILES string of the molecule is CNC(CN(C)CCOC)c1ccc(C)cc1C. The van der Waals surface area contributed by atoms with E-state index in [0.717, 1.165) is 19.7 Å². The first kappa shape index (κ1) is 15.2. The van der Waals surface area contributed by atoms with Crippen LogP contribution in [-0.2, 0) is 4.74 Å².